The average molecular weight is 258 g/mol. The molecule has 0 saturated heterocycles. The number of hydrogen-bond donors (Lipinski definition) is 1. The molecule has 0 bridgehead atoms. The van der Waals surface area contributed by atoms with Crippen molar-refractivity contribution in [3.8, 4) is 5.75 Å². The van der Waals surface area contributed by atoms with Crippen molar-refractivity contribution >= 4 is 10.9 Å². The van der Waals surface area contributed by atoms with Crippen LogP contribution in [0.5, 0.6) is 5.75 Å². The van der Waals surface area contributed by atoms with E-state index in [1.165, 1.54) is 23.9 Å². The van der Waals surface area contributed by atoms with Crippen molar-refractivity contribution in [2.75, 3.05) is 20.6 Å². The topological polar surface area (TPSA) is 28.4 Å². The van der Waals surface area contributed by atoms with Crippen molar-refractivity contribution in [3.05, 3.63) is 30.0 Å². The van der Waals surface area contributed by atoms with E-state index in [0.29, 0.717) is 5.75 Å². The molecule has 2 aromatic rings. The summed E-state index contributed by atoms with van der Waals surface area (Å²) in [4.78, 5) is 2.18. The highest BCUT2D eigenvalue weighted by molar-refractivity contribution is 5.89. The van der Waals surface area contributed by atoms with Crippen molar-refractivity contribution in [2.45, 2.75) is 25.8 Å². The Morgan fingerprint density at radius 2 is 2.11 bits per heavy atom. The van der Waals surface area contributed by atoms with E-state index in [-0.39, 0.29) is 0 Å². The van der Waals surface area contributed by atoms with Gasteiger partial charge in [0, 0.05) is 24.7 Å². The van der Waals surface area contributed by atoms with Gasteiger partial charge in [0.05, 0.1) is 5.52 Å². The van der Waals surface area contributed by atoms with Gasteiger partial charge in [-0.15, -0.1) is 0 Å². The minimum Gasteiger partial charge on any atom is -0.507 e. The zero-order valence-electron chi connectivity index (χ0n) is 11.8. The molecule has 3 rings (SSSR count). The Kier molecular flexibility index (Phi) is 3.23. The van der Waals surface area contributed by atoms with E-state index in [0.717, 1.165) is 30.8 Å². The Morgan fingerprint density at radius 3 is 2.79 bits per heavy atom. The van der Waals surface area contributed by atoms with Crippen molar-refractivity contribution in [3.63, 3.8) is 0 Å². The maximum atomic E-state index is 10.2. The van der Waals surface area contributed by atoms with Crippen molar-refractivity contribution in [1.82, 2.24) is 9.47 Å². The molecule has 0 amide bonds. The smallest absolute Gasteiger partial charge is 0.125 e. The van der Waals surface area contributed by atoms with Gasteiger partial charge in [-0.3, -0.25) is 0 Å². The number of aromatic hydroxyl groups is 1. The first-order valence-electron chi connectivity index (χ1n) is 7.09. The number of fused-ring (bicyclic) bond motifs is 1. The molecule has 1 heterocycles. The largest absolute Gasteiger partial charge is 0.507 e. The lowest BCUT2D eigenvalue weighted by Gasteiger charge is -2.08. The quantitative estimate of drug-likeness (QED) is 0.893. The van der Waals surface area contributed by atoms with Crippen LogP contribution in [0.3, 0.4) is 0 Å². The van der Waals surface area contributed by atoms with Gasteiger partial charge >= 0.3 is 0 Å². The summed E-state index contributed by atoms with van der Waals surface area (Å²) < 4.78 is 2.33. The number of nitrogens with zero attached hydrogens (tertiary/aromatic N) is 2. The maximum Gasteiger partial charge on any atom is 0.125 e. The third-order valence-corrected chi connectivity index (χ3v) is 3.94. The molecule has 1 aliphatic rings. The second-order valence-corrected chi connectivity index (χ2v) is 5.97. The average Bonchev–Trinajstić information content (AvgIpc) is 3.10. The van der Waals surface area contributed by atoms with Crippen LogP contribution >= 0.6 is 0 Å². The highest BCUT2D eigenvalue weighted by Gasteiger charge is 2.23. The summed E-state index contributed by atoms with van der Waals surface area (Å²) in [6.07, 6.45) is 5.93. The fraction of sp³-hybridized carbons (Fsp3) is 0.500. The molecule has 102 valence electrons. The van der Waals surface area contributed by atoms with Gasteiger partial charge in [0.1, 0.15) is 5.75 Å². The Balaban J connectivity index is 1.99. The molecule has 1 aliphatic carbocycles. The Morgan fingerprint density at radius 1 is 1.32 bits per heavy atom. The van der Waals surface area contributed by atoms with Gasteiger partial charge in [0.15, 0.2) is 0 Å². The van der Waals surface area contributed by atoms with Crippen LogP contribution in [0, 0.1) is 5.92 Å². The van der Waals surface area contributed by atoms with Crippen molar-refractivity contribution < 1.29 is 5.11 Å². The maximum absolute atomic E-state index is 10.2. The van der Waals surface area contributed by atoms with Gasteiger partial charge in [0.2, 0.25) is 0 Å². The summed E-state index contributed by atoms with van der Waals surface area (Å²) in [6, 6.07) is 5.86. The first-order valence-corrected chi connectivity index (χ1v) is 7.09. The van der Waals surface area contributed by atoms with Crippen molar-refractivity contribution in [2.24, 2.45) is 5.92 Å². The molecule has 0 radical (unpaired) electrons. The Bertz CT molecular complexity index is 582. The third kappa shape index (κ3) is 2.61. The molecule has 1 fully saturated rings. The molecular weight excluding hydrogens is 236 g/mol. The molecule has 1 aromatic carbocycles. The molecule has 0 atom stereocenters. The predicted octanol–water partition coefficient (Wildman–Crippen LogP) is 2.86. The van der Waals surface area contributed by atoms with E-state index in [1.54, 1.807) is 6.07 Å². The molecule has 1 aromatic heterocycles. The number of aromatic nitrogens is 1. The van der Waals surface area contributed by atoms with Gasteiger partial charge in [-0.05, 0) is 57.0 Å². The SMILES string of the molecule is CN(C)CCc1cn(CC2CC2)c2cccc(O)c12. The standard InChI is InChI=1S/C16H22N2O/c1-17(2)9-8-13-11-18(10-12-6-7-12)14-4-3-5-15(19)16(13)14/h3-5,11-12,19H,6-10H2,1-2H3. The lowest BCUT2D eigenvalue weighted by molar-refractivity contribution is 0.413. The molecule has 3 heteroatoms. The van der Waals surface area contributed by atoms with Crippen LogP contribution in [0.15, 0.2) is 24.4 Å². The number of likely N-dealkylation sites (N-methyl/N-ethyl adjacent to an activating group) is 1. The number of phenols is 1. The van der Waals surface area contributed by atoms with Gasteiger partial charge in [0.25, 0.3) is 0 Å². The lowest BCUT2D eigenvalue weighted by Crippen LogP contribution is -2.14. The highest BCUT2D eigenvalue weighted by Crippen LogP contribution is 2.35. The number of rotatable bonds is 5. The van der Waals surface area contributed by atoms with Crippen LogP contribution < -0.4 is 0 Å². The number of hydrogen-bond acceptors (Lipinski definition) is 2. The summed E-state index contributed by atoms with van der Waals surface area (Å²) in [5, 5.41) is 11.2. The monoisotopic (exact) mass is 258 g/mol. The van der Waals surface area contributed by atoms with Crippen LogP contribution in [-0.2, 0) is 13.0 Å². The first kappa shape index (κ1) is 12.5. The summed E-state index contributed by atoms with van der Waals surface area (Å²) >= 11 is 0. The second-order valence-electron chi connectivity index (χ2n) is 5.97. The summed E-state index contributed by atoms with van der Waals surface area (Å²) in [5.41, 5.74) is 2.45. The molecule has 0 spiro atoms. The normalized spacial score (nSPS) is 15.5. The molecule has 1 saturated carbocycles. The molecule has 0 aliphatic heterocycles. The second kappa shape index (κ2) is 4.89. The number of benzene rings is 1. The van der Waals surface area contributed by atoms with Crippen LogP contribution in [0.4, 0.5) is 0 Å². The molecular formula is C16H22N2O. The molecule has 3 nitrogen and oxygen atoms in total. The fourth-order valence-electron chi connectivity index (χ4n) is 2.68. The number of phenolic OH excluding ortho intramolecular Hbond substituents is 1. The van der Waals surface area contributed by atoms with Gasteiger partial charge in [-0.25, -0.2) is 0 Å². The minimum absolute atomic E-state index is 0.417. The molecule has 1 N–H and O–H groups in total. The van der Waals surface area contributed by atoms with Crippen LogP contribution in [0.25, 0.3) is 10.9 Å². The van der Waals surface area contributed by atoms with E-state index in [4.69, 9.17) is 0 Å². The summed E-state index contributed by atoms with van der Waals surface area (Å²) in [7, 11) is 4.17. The van der Waals surface area contributed by atoms with Crippen LogP contribution in [-0.4, -0.2) is 35.2 Å². The molecule has 19 heavy (non-hydrogen) atoms. The van der Waals surface area contributed by atoms with Crippen LogP contribution in [0.2, 0.25) is 0 Å². The lowest BCUT2D eigenvalue weighted by atomic mass is 10.1. The van der Waals surface area contributed by atoms with E-state index >= 15 is 0 Å². The predicted molar refractivity (Wildman–Crippen MR) is 78.6 cm³/mol. The zero-order chi connectivity index (χ0) is 13.4. The van der Waals surface area contributed by atoms with Gasteiger partial charge in [-0.2, -0.15) is 0 Å². The Hall–Kier alpha value is -1.48. The van der Waals surface area contributed by atoms with Crippen LogP contribution in [0.1, 0.15) is 18.4 Å². The van der Waals surface area contributed by atoms with E-state index in [2.05, 4.69) is 35.8 Å². The van der Waals surface area contributed by atoms with E-state index in [9.17, 15) is 5.11 Å². The summed E-state index contributed by atoms with van der Waals surface area (Å²) in [6.45, 7) is 2.11. The summed E-state index contributed by atoms with van der Waals surface area (Å²) in [5.74, 6) is 1.26. The fourth-order valence-corrected chi connectivity index (χ4v) is 2.68. The Labute approximate surface area is 114 Å². The van der Waals surface area contributed by atoms with Crippen molar-refractivity contribution in [1.29, 1.82) is 0 Å². The third-order valence-electron chi connectivity index (χ3n) is 3.94. The zero-order valence-corrected chi connectivity index (χ0v) is 11.8. The first-order chi connectivity index (χ1) is 9.15. The van der Waals surface area contributed by atoms with Gasteiger partial charge < -0.3 is 14.6 Å². The highest BCUT2D eigenvalue weighted by atomic mass is 16.3. The molecule has 0 unspecified atom stereocenters. The van der Waals surface area contributed by atoms with Gasteiger partial charge in [-0.1, -0.05) is 6.07 Å². The van der Waals surface area contributed by atoms with E-state index < -0.39 is 0 Å². The minimum atomic E-state index is 0.417. The van der Waals surface area contributed by atoms with E-state index in [1.807, 2.05) is 6.07 Å².